The van der Waals surface area contributed by atoms with Gasteiger partial charge in [0.05, 0.1) is 6.61 Å². The van der Waals surface area contributed by atoms with Crippen LogP contribution in [0.3, 0.4) is 0 Å². The summed E-state index contributed by atoms with van der Waals surface area (Å²) in [6.07, 6.45) is 13.3. The lowest BCUT2D eigenvalue weighted by atomic mass is 9.84. The Morgan fingerprint density at radius 3 is 2.41 bits per heavy atom. The normalized spacial score (nSPS) is 13.1. The minimum Gasteiger partial charge on any atom is -0.508 e. The van der Waals surface area contributed by atoms with Crippen molar-refractivity contribution < 1.29 is 19.7 Å². The fourth-order valence-corrected chi connectivity index (χ4v) is 3.01. The van der Waals surface area contributed by atoms with Gasteiger partial charge in [-0.3, -0.25) is 0 Å². The standard InChI is InChI=1S/C28H32O4/c1-5-28(4,17-6-7-21(2)3)18-16-22-8-12-25(13-9-22)32-27(31)15-11-23-10-14-26(30)24(19-23)20-29/h5,7-16,18-19,29-30H,1,6,17,20H2,2-4H3/b15-11+,18-16+. The lowest BCUT2D eigenvalue weighted by Gasteiger charge is -2.20. The molecule has 0 heterocycles. The van der Waals surface area contributed by atoms with Crippen molar-refractivity contribution in [1.82, 2.24) is 0 Å². The SMILES string of the molecule is C=CC(C)(/C=C/c1ccc(OC(=O)/C=C/c2ccc(O)c(CO)c2)cc1)CCC=C(C)C. The summed E-state index contributed by atoms with van der Waals surface area (Å²) in [5.74, 6) is -0.0401. The first-order valence-corrected chi connectivity index (χ1v) is 10.6. The number of benzene rings is 2. The van der Waals surface area contributed by atoms with E-state index < -0.39 is 5.97 Å². The van der Waals surface area contributed by atoms with E-state index in [-0.39, 0.29) is 17.8 Å². The van der Waals surface area contributed by atoms with E-state index >= 15 is 0 Å². The number of ether oxygens (including phenoxy) is 1. The van der Waals surface area contributed by atoms with Gasteiger partial charge in [-0.25, -0.2) is 4.79 Å². The number of hydrogen-bond donors (Lipinski definition) is 2. The second kappa shape index (κ2) is 11.9. The van der Waals surface area contributed by atoms with Gasteiger partial charge in [0, 0.05) is 17.1 Å². The summed E-state index contributed by atoms with van der Waals surface area (Å²) in [6.45, 7) is 10.1. The van der Waals surface area contributed by atoms with Crippen molar-refractivity contribution in [3.05, 3.63) is 95.6 Å². The Labute approximate surface area is 190 Å². The molecule has 4 nitrogen and oxygen atoms in total. The third-order valence-electron chi connectivity index (χ3n) is 5.14. The molecule has 0 aliphatic rings. The van der Waals surface area contributed by atoms with Crippen molar-refractivity contribution in [3.63, 3.8) is 0 Å². The topological polar surface area (TPSA) is 66.8 Å². The number of allylic oxidation sites excluding steroid dienone is 4. The highest BCUT2D eigenvalue weighted by Gasteiger charge is 2.15. The molecule has 0 aliphatic carbocycles. The number of hydrogen-bond acceptors (Lipinski definition) is 4. The second-order valence-corrected chi connectivity index (χ2v) is 8.23. The van der Waals surface area contributed by atoms with Crippen molar-refractivity contribution in [1.29, 1.82) is 0 Å². The maximum atomic E-state index is 12.1. The summed E-state index contributed by atoms with van der Waals surface area (Å²) in [4.78, 5) is 12.1. The van der Waals surface area contributed by atoms with Gasteiger partial charge in [0.25, 0.3) is 0 Å². The maximum absolute atomic E-state index is 12.1. The minimum absolute atomic E-state index is 0.0164. The molecule has 0 saturated heterocycles. The van der Waals surface area contributed by atoms with Crippen LogP contribution in [0, 0.1) is 5.41 Å². The summed E-state index contributed by atoms with van der Waals surface area (Å²) in [5, 5.41) is 18.8. The number of esters is 1. The van der Waals surface area contributed by atoms with Gasteiger partial charge >= 0.3 is 5.97 Å². The number of phenols is 1. The summed E-state index contributed by atoms with van der Waals surface area (Å²) in [5.41, 5.74) is 3.31. The number of carbonyl (C=O) groups is 1. The van der Waals surface area contributed by atoms with E-state index in [9.17, 15) is 15.0 Å². The first-order chi connectivity index (χ1) is 15.2. The Kier molecular flexibility index (Phi) is 9.23. The summed E-state index contributed by atoms with van der Waals surface area (Å²) >= 11 is 0. The quantitative estimate of drug-likeness (QED) is 0.196. The molecule has 0 fully saturated rings. The second-order valence-electron chi connectivity index (χ2n) is 8.23. The maximum Gasteiger partial charge on any atom is 0.336 e. The summed E-state index contributed by atoms with van der Waals surface area (Å²) < 4.78 is 5.34. The largest absolute Gasteiger partial charge is 0.508 e. The van der Waals surface area contributed by atoms with E-state index in [0.717, 1.165) is 18.4 Å². The van der Waals surface area contributed by atoms with Crippen LogP contribution in [0.25, 0.3) is 12.2 Å². The van der Waals surface area contributed by atoms with Crippen LogP contribution in [0.15, 0.2) is 78.9 Å². The van der Waals surface area contributed by atoms with Crippen LogP contribution in [0.1, 0.15) is 50.3 Å². The number of rotatable bonds is 10. The molecule has 0 aromatic heterocycles. The van der Waals surface area contributed by atoms with Gasteiger partial charge in [-0.1, -0.05) is 55.0 Å². The van der Waals surface area contributed by atoms with E-state index in [1.807, 2.05) is 18.2 Å². The van der Waals surface area contributed by atoms with E-state index in [1.165, 1.54) is 17.7 Å². The van der Waals surface area contributed by atoms with Crippen LogP contribution >= 0.6 is 0 Å². The molecule has 0 spiro atoms. The first-order valence-electron chi connectivity index (χ1n) is 10.6. The Morgan fingerprint density at radius 1 is 1.09 bits per heavy atom. The van der Waals surface area contributed by atoms with E-state index in [4.69, 9.17) is 4.74 Å². The van der Waals surface area contributed by atoms with Gasteiger partial charge in [0.1, 0.15) is 11.5 Å². The number of aliphatic hydroxyl groups excluding tert-OH is 1. The molecular weight excluding hydrogens is 400 g/mol. The summed E-state index contributed by atoms with van der Waals surface area (Å²) in [6, 6.07) is 12.0. The average Bonchev–Trinajstić information content (AvgIpc) is 2.78. The van der Waals surface area contributed by atoms with Gasteiger partial charge in [0.2, 0.25) is 0 Å². The monoisotopic (exact) mass is 432 g/mol. The number of carbonyl (C=O) groups excluding carboxylic acids is 1. The highest BCUT2D eigenvalue weighted by molar-refractivity contribution is 5.88. The molecule has 2 rings (SSSR count). The lowest BCUT2D eigenvalue weighted by Crippen LogP contribution is -2.08. The van der Waals surface area contributed by atoms with Crippen molar-refractivity contribution >= 4 is 18.1 Å². The van der Waals surface area contributed by atoms with Crippen molar-refractivity contribution in [2.24, 2.45) is 5.41 Å². The Balaban J connectivity index is 1.96. The van der Waals surface area contributed by atoms with Gasteiger partial charge in [-0.05, 0) is 68.2 Å². The molecule has 0 saturated carbocycles. The molecule has 0 bridgehead atoms. The van der Waals surface area contributed by atoms with Gasteiger partial charge in [-0.2, -0.15) is 0 Å². The third-order valence-corrected chi connectivity index (χ3v) is 5.14. The van der Waals surface area contributed by atoms with Gasteiger partial charge in [0.15, 0.2) is 0 Å². The van der Waals surface area contributed by atoms with Crippen LogP contribution in [0.2, 0.25) is 0 Å². The van der Waals surface area contributed by atoms with E-state index in [1.54, 1.807) is 30.3 Å². The molecule has 2 aromatic rings. The molecule has 2 aromatic carbocycles. The molecule has 0 aliphatic heterocycles. The third kappa shape index (κ3) is 8.05. The van der Waals surface area contributed by atoms with Crippen LogP contribution in [0.5, 0.6) is 11.5 Å². The number of aromatic hydroxyl groups is 1. The number of aliphatic hydroxyl groups is 1. The Hall–Kier alpha value is -3.37. The Morgan fingerprint density at radius 2 is 1.78 bits per heavy atom. The van der Waals surface area contributed by atoms with Crippen molar-refractivity contribution in [2.45, 2.75) is 40.2 Å². The van der Waals surface area contributed by atoms with Gasteiger partial charge < -0.3 is 14.9 Å². The fourth-order valence-electron chi connectivity index (χ4n) is 3.01. The minimum atomic E-state index is -0.509. The first kappa shape index (κ1) is 24.9. The molecule has 2 N–H and O–H groups in total. The van der Waals surface area contributed by atoms with E-state index in [0.29, 0.717) is 16.9 Å². The molecule has 0 radical (unpaired) electrons. The zero-order valence-corrected chi connectivity index (χ0v) is 19.0. The fraction of sp³-hybridized carbons (Fsp3) is 0.250. The smallest absolute Gasteiger partial charge is 0.336 e. The molecule has 1 unspecified atom stereocenters. The van der Waals surface area contributed by atoms with Crippen LogP contribution in [0.4, 0.5) is 0 Å². The highest BCUT2D eigenvalue weighted by atomic mass is 16.5. The molecule has 0 amide bonds. The molecular formula is C28H32O4. The van der Waals surface area contributed by atoms with Crippen molar-refractivity contribution in [2.75, 3.05) is 0 Å². The lowest BCUT2D eigenvalue weighted by molar-refractivity contribution is -0.128. The highest BCUT2D eigenvalue weighted by Crippen LogP contribution is 2.28. The van der Waals surface area contributed by atoms with Crippen LogP contribution < -0.4 is 4.74 Å². The zero-order valence-electron chi connectivity index (χ0n) is 19.0. The van der Waals surface area contributed by atoms with Crippen molar-refractivity contribution in [3.8, 4) is 11.5 Å². The predicted octanol–water partition coefficient (Wildman–Crippen LogP) is 6.46. The van der Waals surface area contributed by atoms with Gasteiger partial charge in [-0.15, -0.1) is 6.58 Å². The average molecular weight is 433 g/mol. The molecule has 168 valence electrons. The van der Waals surface area contributed by atoms with E-state index in [2.05, 4.69) is 45.6 Å². The predicted molar refractivity (Wildman–Crippen MR) is 131 cm³/mol. The molecule has 32 heavy (non-hydrogen) atoms. The van der Waals surface area contributed by atoms with Crippen LogP contribution in [-0.2, 0) is 11.4 Å². The molecule has 1 atom stereocenters. The Bertz CT molecular complexity index is 1010. The summed E-state index contributed by atoms with van der Waals surface area (Å²) in [7, 11) is 0. The van der Waals surface area contributed by atoms with Crippen LogP contribution in [-0.4, -0.2) is 16.2 Å². The zero-order chi connectivity index (χ0) is 23.6. The molecule has 4 heteroatoms.